The highest BCUT2D eigenvalue weighted by atomic mass is 19.3. The number of halogens is 2. The first-order valence-corrected chi connectivity index (χ1v) is 4.53. The summed E-state index contributed by atoms with van der Waals surface area (Å²) in [4.78, 5) is 1.65. The second-order valence-electron chi connectivity index (χ2n) is 3.56. The van der Waals surface area contributed by atoms with Gasteiger partial charge < -0.3 is 10.2 Å². The van der Waals surface area contributed by atoms with Crippen LogP contribution in [0.3, 0.4) is 0 Å². The van der Waals surface area contributed by atoms with Crippen molar-refractivity contribution in [2.45, 2.75) is 18.6 Å². The van der Waals surface area contributed by atoms with Crippen molar-refractivity contribution in [1.82, 2.24) is 4.90 Å². The molecule has 0 amide bonds. The van der Waals surface area contributed by atoms with Gasteiger partial charge in [0.25, 0.3) is 0 Å². The average Bonchev–Trinajstić information content (AvgIpc) is 2.11. The molecule has 2 N–H and O–H groups in total. The summed E-state index contributed by atoms with van der Waals surface area (Å²) in [5, 5.41) is 18.6. The van der Waals surface area contributed by atoms with Crippen LogP contribution < -0.4 is 0 Å². The second-order valence-corrected chi connectivity index (χ2v) is 3.56. The Morgan fingerprint density at radius 3 is 2.57 bits per heavy atom. The van der Waals surface area contributed by atoms with Crippen LogP contribution in [0.5, 0.6) is 0 Å². The molecule has 0 bridgehead atoms. The molecule has 3 unspecified atom stereocenters. The maximum absolute atomic E-state index is 12.4. The van der Waals surface area contributed by atoms with Crippen LogP contribution >= 0.6 is 0 Å². The van der Waals surface area contributed by atoms with E-state index in [0.717, 1.165) is 0 Å². The fourth-order valence-corrected chi connectivity index (χ4v) is 1.70. The summed E-state index contributed by atoms with van der Waals surface area (Å²) in [6.07, 6.45) is -3.43. The van der Waals surface area contributed by atoms with Gasteiger partial charge in [0.15, 0.2) is 0 Å². The zero-order valence-corrected chi connectivity index (χ0v) is 7.81. The Kier molecular flexibility index (Phi) is 3.97. The molecule has 14 heavy (non-hydrogen) atoms. The first-order chi connectivity index (χ1) is 6.56. The van der Waals surface area contributed by atoms with Crippen molar-refractivity contribution in [2.75, 3.05) is 19.6 Å². The van der Waals surface area contributed by atoms with E-state index < -0.39 is 24.6 Å². The van der Waals surface area contributed by atoms with E-state index in [1.54, 1.807) is 11.0 Å². The number of likely N-dealkylation sites (tertiary alicyclic amines) is 1. The molecule has 1 saturated heterocycles. The zero-order chi connectivity index (χ0) is 10.7. The summed E-state index contributed by atoms with van der Waals surface area (Å²) in [5.41, 5.74) is 0. The summed E-state index contributed by atoms with van der Waals surface area (Å²) < 4.78 is 24.9. The Morgan fingerprint density at radius 1 is 1.43 bits per heavy atom. The van der Waals surface area contributed by atoms with Crippen molar-refractivity contribution in [3.05, 3.63) is 12.7 Å². The highest BCUT2D eigenvalue weighted by Gasteiger charge is 2.39. The van der Waals surface area contributed by atoms with Gasteiger partial charge in [0, 0.05) is 19.6 Å². The third kappa shape index (κ3) is 2.50. The van der Waals surface area contributed by atoms with Crippen molar-refractivity contribution >= 4 is 0 Å². The Balaban J connectivity index is 2.61. The van der Waals surface area contributed by atoms with E-state index in [1.807, 2.05) is 0 Å². The molecular weight excluding hydrogens is 192 g/mol. The third-order valence-electron chi connectivity index (χ3n) is 2.46. The quantitative estimate of drug-likeness (QED) is 0.645. The molecule has 0 spiro atoms. The van der Waals surface area contributed by atoms with E-state index in [-0.39, 0.29) is 13.1 Å². The Morgan fingerprint density at radius 2 is 2.07 bits per heavy atom. The molecule has 82 valence electrons. The monoisotopic (exact) mass is 207 g/mol. The van der Waals surface area contributed by atoms with Crippen LogP contribution in [0.2, 0.25) is 0 Å². The lowest BCUT2D eigenvalue weighted by molar-refractivity contribution is -0.114. The molecule has 1 heterocycles. The average molecular weight is 207 g/mol. The number of nitrogens with zero attached hydrogens (tertiary/aromatic N) is 1. The SMILES string of the molecule is C=CCN1CC(O)C(O)C(C(F)F)C1. The van der Waals surface area contributed by atoms with E-state index in [1.165, 1.54) is 0 Å². The third-order valence-corrected chi connectivity index (χ3v) is 2.46. The standard InChI is InChI=1S/C9H15F2NO2/c1-2-3-12-4-6(9(10)11)8(14)7(13)5-12/h2,6-9,13-14H,1,3-5H2. The lowest BCUT2D eigenvalue weighted by atomic mass is 9.93. The number of aliphatic hydroxyl groups excluding tert-OH is 2. The van der Waals surface area contributed by atoms with Gasteiger partial charge in [-0.05, 0) is 0 Å². The van der Waals surface area contributed by atoms with Gasteiger partial charge in [-0.15, -0.1) is 6.58 Å². The fourth-order valence-electron chi connectivity index (χ4n) is 1.70. The van der Waals surface area contributed by atoms with Crippen LogP contribution in [0.4, 0.5) is 8.78 Å². The smallest absolute Gasteiger partial charge is 0.245 e. The molecule has 1 aliphatic heterocycles. The lowest BCUT2D eigenvalue weighted by Crippen LogP contribution is -2.54. The molecule has 0 aliphatic carbocycles. The summed E-state index contributed by atoms with van der Waals surface area (Å²) >= 11 is 0. The summed E-state index contributed by atoms with van der Waals surface area (Å²) in [6.45, 7) is 4.26. The Hall–Kier alpha value is -0.520. The summed E-state index contributed by atoms with van der Waals surface area (Å²) in [6, 6.07) is 0. The predicted octanol–water partition coefficient (Wildman–Crippen LogP) is 0.0911. The maximum atomic E-state index is 12.4. The molecule has 3 nitrogen and oxygen atoms in total. The molecule has 1 aliphatic rings. The van der Waals surface area contributed by atoms with Gasteiger partial charge in [0.05, 0.1) is 18.1 Å². The van der Waals surface area contributed by atoms with Crippen molar-refractivity contribution in [3.63, 3.8) is 0 Å². The molecule has 0 saturated carbocycles. The minimum Gasteiger partial charge on any atom is -0.390 e. The predicted molar refractivity (Wildman–Crippen MR) is 48.1 cm³/mol. The largest absolute Gasteiger partial charge is 0.390 e. The molecule has 1 rings (SSSR count). The molecule has 0 aromatic heterocycles. The van der Waals surface area contributed by atoms with E-state index in [0.29, 0.717) is 6.54 Å². The van der Waals surface area contributed by atoms with E-state index >= 15 is 0 Å². The number of hydrogen-bond acceptors (Lipinski definition) is 3. The highest BCUT2D eigenvalue weighted by Crippen LogP contribution is 2.23. The molecular formula is C9H15F2NO2. The van der Waals surface area contributed by atoms with E-state index in [4.69, 9.17) is 0 Å². The van der Waals surface area contributed by atoms with Crippen molar-refractivity contribution in [2.24, 2.45) is 5.92 Å². The number of hydrogen-bond donors (Lipinski definition) is 2. The van der Waals surface area contributed by atoms with Crippen LogP contribution in [0.25, 0.3) is 0 Å². The Labute approximate surface area is 81.6 Å². The minimum absolute atomic E-state index is 0.0991. The second kappa shape index (κ2) is 4.82. The van der Waals surface area contributed by atoms with Crippen molar-refractivity contribution in [1.29, 1.82) is 0 Å². The number of rotatable bonds is 3. The van der Waals surface area contributed by atoms with Gasteiger partial charge in [-0.1, -0.05) is 6.08 Å². The number of alkyl halides is 2. The van der Waals surface area contributed by atoms with Gasteiger partial charge in [-0.25, -0.2) is 8.78 Å². The summed E-state index contributed by atoms with van der Waals surface area (Å²) in [5.74, 6) is -1.17. The number of β-amino-alcohol motifs (C(OH)–C–C–N with tert-alkyl or cyclic N) is 1. The van der Waals surface area contributed by atoms with Crippen LogP contribution in [0, 0.1) is 5.92 Å². The van der Waals surface area contributed by atoms with E-state index in [9.17, 15) is 19.0 Å². The highest BCUT2D eigenvalue weighted by molar-refractivity contribution is 4.89. The van der Waals surface area contributed by atoms with Crippen LogP contribution in [-0.4, -0.2) is 53.4 Å². The van der Waals surface area contributed by atoms with Crippen molar-refractivity contribution in [3.8, 4) is 0 Å². The van der Waals surface area contributed by atoms with Gasteiger partial charge >= 0.3 is 0 Å². The van der Waals surface area contributed by atoms with Crippen LogP contribution in [-0.2, 0) is 0 Å². The maximum Gasteiger partial charge on any atom is 0.245 e. The molecule has 5 heteroatoms. The van der Waals surface area contributed by atoms with Gasteiger partial charge in [-0.3, -0.25) is 4.90 Å². The van der Waals surface area contributed by atoms with Crippen LogP contribution in [0.15, 0.2) is 12.7 Å². The first-order valence-electron chi connectivity index (χ1n) is 4.53. The topological polar surface area (TPSA) is 43.7 Å². The summed E-state index contributed by atoms with van der Waals surface area (Å²) in [7, 11) is 0. The Bertz CT molecular complexity index is 201. The first kappa shape index (κ1) is 11.6. The molecule has 3 atom stereocenters. The minimum atomic E-state index is -2.60. The van der Waals surface area contributed by atoms with Gasteiger partial charge in [-0.2, -0.15) is 0 Å². The number of aliphatic hydroxyl groups is 2. The molecule has 0 aromatic rings. The lowest BCUT2D eigenvalue weighted by Gasteiger charge is -2.38. The molecule has 0 radical (unpaired) electrons. The van der Waals surface area contributed by atoms with Crippen molar-refractivity contribution < 1.29 is 19.0 Å². The normalized spacial score (nSPS) is 34.8. The number of piperidine rings is 1. The van der Waals surface area contributed by atoms with Crippen LogP contribution in [0.1, 0.15) is 0 Å². The fraction of sp³-hybridized carbons (Fsp3) is 0.778. The van der Waals surface area contributed by atoms with E-state index in [2.05, 4.69) is 6.58 Å². The van der Waals surface area contributed by atoms with Gasteiger partial charge in [0.1, 0.15) is 0 Å². The molecule has 1 fully saturated rings. The zero-order valence-electron chi connectivity index (χ0n) is 7.81. The van der Waals surface area contributed by atoms with Gasteiger partial charge in [0.2, 0.25) is 6.43 Å². The molecule has 0 aromatic carbocycles.